The van der Waals surface area contributed by atoms with Gasteiger partial charge in [-0.05, 0) is 30.2 Å². The molecule has 1 N–H and O–H groups in total. The van der Waals surface area contributed by atoms with Crippen molar-refractivity contribution in [2.24, 2.45) is 7.05 Å². The van der Waals surface area contributed by atoms with E-state index in [-0.39, 0.29) is 17.5 Å². The lowest BCUT2D eigenvalue weighted by molar-refractivity contribution is 0.0934. The van der Waals surface area contributed by atoms with E-state index < -0.39 is 0 Å². The molecular formula is C19H24N2O3. The second-order valence-electron chi connectivity index (χ2n) is 5.81. The van der Waals surface area contributed by atoms with Gasteiger partial charge in [-0.15, -0.1) is 0 Å². The van der Waals surface area contributed by atoms with Crippen LogP contribution >= 0.6 is 0 Å². The maximum atomic E-state index is 12.5. The van der Waals surface area contributed by atoms with E-state index in [4.69, 9.17) is 4.74 Å². The normalized spacial score (nSPS) is 11.8. The SMILES string of the molecule is CCCC[C@@H](NC(=O)c1ccn(C)c(=O)c1)c1ccc(OC)cc1. The maximum Gasteiger partial charge on any atom is 0.252 e. The summed E-state index contributed by atoms with van der Waals surface area (Å²) in [6.07, 6.45) is 4.51. The molecule has 1 aromatic carbocycles. The monoisotopic (exact) mass is 328 g/mol. The van der Waals surface area contributed by atoms with Gasteiger partial charge in [0.05, 0.1) is 13.2 Å². The Morgan fingerprint density at radius 3 is 2.54 bits per heavy atom. The number of aromatic nitrogens is 1. The molecule has 0 aliphatic rings. The number of rotatable bonds is 7. The van der Waals surface area contributed by atoms with Crippen LogP contribution in [0.25, 0.3) is 0 Å². The van der Waals surface area contributed by atoms with Crippen molar-refractivity contribution in [2.75, 3.05) is 7.11 Å². The summed E-state index contributed by atoms with van der Waals surface area (Å²) in [5.74, 6) is 0.551. The van der Waals surface area contributed by atoms with Crippen LogP contribution < -0.4 is 15.6 Å². The lowest BCUT2D eigenvalue weighted by Gasteiger charge is -2.19. The average Bonchev–Trinajstić information content (AvgIpc) is 2.60. The minimum absolute atomic E-state index is 0.0904. The molecule has 0 radical (unpaired) electrons. The summed E-state index contributed by atoms with van der Waals surface area (Å²) in [4.78, 5) is 24.2. The van der Waals surface area contributed by atoms with Crippen LogP contribution in [0.1, 0.15) is 48.1 Å². The number of hydrogen-bond acceptors (Lipinski definition) is 3. The molecule has 0 unspecified atom stereocenters. The van der Waals surface area contributed by atoms with Crippen LogP contribution in [0.4, 0.5) is 0 Å². The summed E-state index contributed by atoms with van der Waals surface area (Å²) < 4.78 is 6.62. The molecule has 0 aliphatic heterocycles. The molecule has 0 bridgehead atoms. The average molecular weight is 328 g/mol. The van der Waals surface area contributed by atoms with Crippen molar-refractivity contribution in [1.82, 2.24) is 9.88 Å². The van der Waals surface area contributed by atoms with E-state index in [1.54, 1.807) is 26.4 Å². The predicted octanol–water partition coefficient (Wildman–Crippen LogP) is 3.06. The Hall–Kier alpha value is -2.56. The Kier molecular flexibility index (Phi) is 6.18. The third kappa shape index (κ3) is 4.47. The molecule has 1 atom stereocenters. The van der Waals surface area contributed by atoms with Gasteiger partial charge >= 0.3 is 0 Å². The summed E-state index contributed by atoms with van der Waals surface area (Å²) >= 11 is 0. The van der Waals surface area contributed by atoms with E-state index >= 15 is 0 Å². The number of nitrogens with zero attached hydrogens (tertiary/aromatic N) is 1. The van der Waals surface area contributed by atoms with Gasteiger partial charge in [0, 0.05) is 24.9 Å². The number of carbonyl (C=O) groups excluding carboxylic acids is 1. The molecule has 5 nitrogen and oxygen atoms in total. The standard InChI is InChI=1S/C19H24N2O3/c1-4-5-6-17(14-7-9-16(24-3)10-8-14)20-19(23)15-11-12-21(2)18(22)13-15/h7-13,17H,4-6H2,1-3H3,(H,20,23)/t17-/m1/s1. The summed E-state index contributed by atoms with van der Waals surface area (Å²) in [5, 5.41) is 3.04. The number of unbranched alkanes of at least 4 members (excludes halogenated alkanes) is 1. The number of ether oxygens (including phenoxy) is 1. The summed E-state index contributed by atoms with van der Waals surface area (Å²) in [5.41, 5.74) is 1.21. The minimum atomic E-state index is -0.232. The highest BCUT2D eigenvalue weighted by molar-refractivity contribution is 5.94. The molecule has 0 saturated carbocycles. The second kappa shape index (κ2) is 8.34. The van der Waals surface area contributed by atoms with Crippen LogP contribution in [0.3, 0.4) is 0 Å². The quantitative estimate of drug-likeness (QED) is 0.850. The van der Waals surface area contributed by atoms with Crippen molar-refractivity contribution in [3.8, 4) is 5.75 Å². The van der Waals surface area contributed by atoms with Gasteiger partial charge in [-0.2, -0.15) is 0 Å². The fourth-order valence-electron chi connectivity index (χ4n) is 2.50. The molecule has 0 fully saturated rings. The van der Waals surface area contributed by atoms with Crippen LogP contribution in [0.2, 0.25) is 0 Å². The van der Waals surface area contributed by atoms with Gasteiger partial charge in [0.15, 0.2) is 0 Å². The highest BCUT2D eigenvalue weighted by atomic mass is 16.5. The number of benzene rings is 1. The second-order valence-corrected chi connectivity index (χ2v) is 5.81. The largest absolute Gasteiger partial charge is 0.497 e. The number of hydrogen-bond donors (Lipinski definition) is 1. The first kappa shape index (κ1) is 17.8. The zero-order chi connectivity index (χ0) is 17.5. The molecule has 0 aliphatic carbocycles. The Labute approximate surface area is 142 Å². The Morgan fingerprint density at radius 1 is 1.25 bits per heavy atom. The molecule has 2 rings (SSSR count). The Bertz CT molecular complexity index is 735. The van der Waals surface area contributed by atoms with Gasteiger partial charge in [0.25, 0.3) is 11.5 Å². The van der Waals surface area contributed by atoms with E-state index in [1.807, 2.05) is 24.3 Å². The molecule has 5 heteroatoms. The van der Waals surface area contributed by atoms with E-state index in [9.17, 15) is 9.59 Å². The van der Waals surface area contributed by atoms with Crippen molar-refractivity contribution >= 4 is 5.91 Å². The molecule has 2 aromatic rings. The van der Waals surface area contributed by atoms with Crippen molar-refractivity contribution in [3.05, 3.63) is 64.1 Å². The zero-order valence-electron chi connectivity index (χ0n) is 14.4. The summed E-state index contributed by atoms with van der Waals surface area (Å²) in [6, 6.07) is 10.6. The van der Waals surface area contributed by atoms with E-state index in [2.05, 4.69) is 12.2 Å². The van der Waals surface area contributed by atoms with Crippen molar-refractivity contribution < 1.29 is 9.53 Å². The summed E-state index contributed by atoms with van der Waals surface area (Å²) in [6.45, 7) is 2.12. The van der Waals surface area contributed by atoms with Crippen LogP contribution in [0.5, 0.6) is 5.75 Å². The number of nitrogens with one attached hydrogen (secondary N) is 1. The fraction of sp³-hybridized carbons (Fsp3) is 0.368. The number of amides is 1. The van der Waals surface area contributed by atoms with Crippen LogP contribution in [-0.2, 0) is 7.05 Å². The zero-order valence-corrected chi connectivity index (χ0v) is 14.4. The molecule has 0 saturated heterocycles. The predicted molar refractivity (Wildman–Crippen MR) is 94.4 cm³/mol. The van der Waals surface area contributed by atoms with E-state index in [0.29, 0.717) is 5.56 Å². The number of pyridine rings is 1. The van der Waals surface area contributed by atoms with E-state index in [0.717, 1.165) is 30.6 Å². The van der Waals surface area contributed by atoms with Gasteiger partial charge in [-0.3, -0.25) is 9.59 Å². The Morgan fingerprint density at radius 2 is 1.96 bits per heavy atom. The highest BCUT2D eigenvalue weighted by Crippen LogP contribution is 2.22. The first-order valence-corrected chi connectivity index (χ1v) is 8.16. The maximum absolute atomic E-state index is 12.5. The molecule has 24 heavy (non-hydrogen) atoms. The molecule has 1 aromatic heterocycles. The van der Waals surface area contributed by atoms with Gasteiger partial charge in [0.1, 0.15) is 5.75 Å². The van der Waals surface area contributed by atoms with E-state index in [1.165, 1.54) is 10.6 Å². The highest BCUT2D eigenvalue weighted by Gasteiger charge is 2.16. The minimum Gasteiger partial charge on any atom is -0.497 e. The molecule has 1 heterocycles. The van der Waals surface area contributed by atoms with Crippen molar-refractivity contribution in [3.63, 3.8) is 0 Å². The van der Waals surface area contributed by atoms with Crippen LogP contribution in [0.15, 0.2) is 47.4 Å². The number of aryl methyl sites for hydroxylation is 1. The fourth-order valence-corrected chi connectivity index (χ4v) is 2.50. The topological polar surface area (TPSA) is 60.3 Å². The molecule has 128 valence electrons. The lowest BCUT2D eigenvalue weighted by Crippen LogP contribution is -2.30. The van der Waals surface area contributed by atoms with Gasteiger partial charge < -0.3 is 14.6 Å². The first-order valence-electron chi connectivity index (χ1n) is 8.16. The first-order chi connectivity index (χ1) is 11.5. The lowest BCUT2D eigenvalue weighted by atomic mass is 10.0. The van der Waals surface area contributed by atoms with Gasteiger partial charge in [0.2, 0.25) is 0 Å². The van der Waals surface area contributed by atoms with Crippen molar-refractivity contribution in [2.45, 2.75) is 32.2 Å². The van der Waals surface area contributed by atoms with Crippen LogP contribution in [-0.4, -0.2) is 17.6 Å². The van der Waals surface area contributed by atoms with Crippen molar-refractivity contribution in [1.29, 1.82) is 0 Å². The number of carbonyl (C=O) groups is 1. The Balaban J connectivity index is 2.18. The third-order valence-corrected chi connectivity index (χ3v) is 4.04. The third-order valence-electron chi connectivity index (χ3n) is 4.04. The summed E-state index contributed by atoms with van der Waals surface area (Å²) in [7, 11) is 3.28. The smallest absolute Gasteiger partial charge is 0.252 e. The molecule has 0 spiro atoms. The molecular weight excluding hydrogens is 304 g/mol. The van der Waals surface area contributed by atoms with Gasteiger partial charge in [-0.25, -0.2) is 0 Å². The number of methoxy groups -OCH3 is 1. The van der Waals surface area contributed by atoms with Gasteiger partial charge in [-0.1, -0.05) is 31.9 Å². The molecule has 1 amide bonds. The van der Waals surface area contributed by atoms with Crippen LogP contribution in [0, 0.1) is 0 Å².